The normalized spacial score (nSPS) is 4.20. The van der Waals surface area contributed by atoms with E-state index < -0.39 is 0 Å². The summed E-state index contributed by atoms with van der Waals surface area (Å²) >= 11 is 0. The Morgan fingerprint density at radius 3 is 2.20 bits per heavy atom. The number of ether oxygens (including phenoxy) is 1. The van der Waals surface area contributed by atoms with Crippen LogP contribution in [0.5, 0.6) is 0 Å². The summed E-state index contributed by atoms with van der Waals surface area (Å²) in [5.41, 5.74) is 0. The Hall–Kier alpha value is 1.04. The van der Waals surface area contributed by atoms with E-state index >= 15 is 0 Å². The summed E-state index contributed by atoms with van der Waals surface area (Å²) in [6, 6.07) is 0. The van der Waals surface area contributed by atoms with Gasteiger partial charge in [-0.3, -0.25) is 4.79 Å². The SMILES string of the molecule is COC=O.[Ba+2].[H-].[H-]. The molecule has 0 saturated heterocycles. The van der Waals surface area contributed by atoms with E-state index in [0.29, 0.717) is 6.47 Å². The fourth-order valence-electron chi connectivity index (χ4n) is 0. The Labute approximate surface area is 73.9 Å². The average molecular weight is 199 g/mol. The van der Waals surface area contributed by atoms with E-state index in [0.717, 1.165) is 0 Å². The first-order valence-corrected chi connectivity index (χ1v) is 0.880. The molecule has 0 aliphatic heterocycles. The van der Waals surface area contributed by atoms with Gasteiger partial charge in [0.05, 0.1) is 7.11 Å². The van der Waals surface area contributed by atoms with Gasteiger partial charge in [0.1, 0.15) is 0 Å². The van der Waals surface area contributed by atoms with Gasteiger partial charge in [-0.25, -0.2) is 0 Å². The molecule has 0 rings (SSSR count). The molecule has 0 bridgehead atoms. The quantitative estimate of drug-likeness (QED) is 0.426. The van der Waals surface area contributed by atoms with Crippen molar-refractivity contribution >= 4 is 55.4 Å². The molecular formula is C2H6BaO2. The molecule has 0 aliphatic rings. The van der Waals surface area contributed by atoms with Gasteiger partial charge in [0, 0.05) is 0 Å². The number of hydrogen-bond acceptors (Lipinski definition) is 2. The minimum absolute atomic E-state index is 0. The van der Waals surface area contributed by atoms with Crippen LogP contribution >= 0.6 is 0 Å². The third-order valence-corrected chi connectivity index (χ3v) is 0.0962. The van der Waals surface area contributed by atoms with Crippen molar-refractivity contribution in [2.75, 3.05) is 7.11 Å². The van der Waals surface area contributed by atoms with Gasteiger partial charge in [-0.1, -0.05) is 0 Å². The molecule has 3 heteroatoms. The van der Waals surface area contributed by atoms with Gasteiger partial charge in [0.25, 0.3) is 6.47 Å². The van der Waals surface area contributed by atoms with Crippen LogP contribution in [0, 0.1) is 0 Å². The molecule has 0 atom stereocenters. The fraction of sp³-hybridized carbons (Fsp3) is 0.500. The van der Waals surface area contributed by atoms with Crippen LogP contribution in [0.4, 0.5) is 0 Å². The van der Waals surface area contributed by atoms with Gasteiger partial charge in [0.2, 0.25) is 0 Å². The van der Waals surface area contributed by atoms with Crippen molar-refractivity contribution in [1.29, 1.82) is 0 Å². The van der Waals surface area contributed by atoms with Crippen LogP contribution in [0.25, 0.3) is 0 Å². The van der Waals surface area contributed by atoms with Gasteiger partial charge >= 0.3 is 48.9 Å². The van der Waals surface area contributed by atoms with Gasteiger partial charge in [0.15, 0.2) is 0 Å². The Bertz CT molecular complexity index is 27.7. The summed E-state index contributed by atoms with van der Waals surface area (Å²) in [5.74, 6) is 0. The Balaban J connectivity index is -0.0000000150. The Kier molecular flexibility index (Phi) is 16.7. The Morgan fingerprint density at radius 2 is 2.20 bits per heavy atom. The molecule has 0 saturated carbocycles. The maximum Gasteiger partial charge on any atom is 2.00 e. The standard InChI is InChI=1S/C2H4O2.Ba.2H/c1-4-2-3;;;/h2H,1H3;;;/q;+2;2*-1. The predicted octanol–water partition coefficient (Wildman–Crippen LogP) is -0.367. The van der Waals surface area contributed by atoms with E-state index in [1.54, 1.807) is 0 Å². The first kappa shape index (κ1) is 9.40. The number of hydrogen-bond donors (Lipinski definition) is 0. The second-order valence-corrected chi connectivity index (χ2v) is 0.332. The molecule has 5 heavy (non-hydrogen) atoms. The molecule has 0 unspecified atom stereocenters. The van der Waals surface area contributed by atoms with Crippen LogP contribution in [-0.2, 0) is 9.53 Å². The average Bonchev–Trinajstić information content (AvgIpc) is 1.37. The largest absolute Gasteiger partial charge is 2.00 e. The van der Waals surface area contributed by atoms with Crippen molar-refractivity contribution < 1.29 is 12.4 Å². The molecule has 0 spiro atoms. The summed E-state index contributed by atoms with van der Waals surface area (Å²) in [6.07, 6.45) is 0. The first-order valence-electron chi connectivity index (χ1n) is 0.880. The zero-order valence-electron chi connectivity index (χ0n) is 5.10. The van der Waals surface area contributed by atoms with Crippen LogP contribution in [0.3, 0.4) is 0 Å². The molecule has 0 amide bonds. The number of methoxy groups -OCH3 is 1. The minimum atomic E-state index is 0. The van der Waals surface area contributed by atoms with Crippen LogP contribution < -0.4 is 0 Å². The Morgan fingerprint density at radius 1 is 2.00 bits per heavy atom. The van der Waals surface area contributed by atoms with E-state index in [2.05, 4.69) is 4.74 Å². The second-order valence-electron chi connectivity index (χ2n) is 0.332. The van der Waals surface area contributed by atoms with Crippen molar-refractivity contribution in [2.24, 2.45) is 0 Å². The fourth-order valence-corrected chi connectivity index (χ4v) is 0. The third-order valence-electron chi connectivity index (χ3n) is 0.0962. The molecule has 0 fully saturated rings. The smallest absolute Gasteiger partial charge is 1.00 e. The van der Waals surface area contributed by atoms with Crippen molar-refractivity contribution in [3.05, 3.63) is 0 Å². The molecule has 0 radical (unpaired) electrons. The molecule has 0 aromatic heterocycles. The molecule has 0 aromatic rings. The van der Waals surface area contributed by atoms with Gasteiger partial charge in [-0.2, -0.15) is 0 Å². The van der Waals surface area contributed by atoms with E-state index in [1.165, 1.54) is 7.11 Å². The number of carbonyl (C=O) groups is 1. The summed E-state index contributed by atoms with van der Waals surface area (Å²) in [4.78, 5) is 8.95. The van der Waals surface area contributed by atoms with E-state index in [1.807, 2.05) is 0 Å². The van der Waals surface area contributed by atoms with Crippen LogP contribution in [0.1, 0.15) is 2.85 Å². The van der Waals surface area contributed by atoms with E-state index in [9.17, 15) is 0 Å². The summed E-state index contributed by atoms with van der Waals surface area (Å²) in [7, 11) is 1.31. The maximum absolute atomic E-state index is 8.95. The predicted molar refractivity (Wildman–Crippen MR) is 21.1 cm³/mol. The summed E-state index contributed by atoms with van der Waals surface area (Å²) in [6.45, 7) is 0.375. The molecule has 0 heterocycles. The monoisotopic (exact) mass is 200 g/mol. The third kappa shape index (κ3) is 11.2. The maximum atomic E-state index is 8.95. The van der Waals surface area contributed by atoms with Gasteiger partial charge < -0.3 is 7.59 Å². The zero-order valence-corrected chi connectivity index (χ0v) is 7.54. The molecule has 0 aromatic carbocycles. The topological polar surface area (TPSA) is 26.3 Å². The molecule has 0 aliphatic carbocycles. The summed E-state index contributed by atoms with van der Waals surface area (Å²) in [5, 5.41) is 0. The van der Waals surface area contributed by atoms with Crippen molar-refractivity contribution in [2.45, 2.75) is 0 Å². The number of rotatable bonds is 1. The van der Waals surface area contributed by atoms with Gasteiger partial charge in [-0.05, 0) is 0 Å². The summed E-state index contributed by atoms with van der Waals surface area (Å²) < 4.78 is 3.86. The van der Waals surface area contributed by atoms with Crippen LogP contribution in [-0.4, -0.2) is 62.5 Å². The first-order chi connectivity index (χ1) is 1.91. The van der Waals surface area contributed by atoms with Crippen LogP contribution in [0.2, 0.25) is 0 Å². The van der Waals surface area contributed by atoms with E-state index in [-0.39, 0.29) is 51.7 Å². The molecule has 28 valence electrons. The van der Waals surface area contributed by atoms with Crippen LogP contribution in [0.15, 0.2) is 0 Å². The second kappa shape index (κ2) is 8.90. The van der Waals surface area contributed by atoms with Gasteiger partial charge in [-0.15, -0.1) is 0 Å². The molecule has 2 nitrogen and oxygen atoms in total. The van der Waals surface area contributed by atoms with E-state index in [4.69, 9.17) is 4.79 Å². The van der Waals surface area contributed by atoms with Crippen molar-refractivity contribution in [3.63, 3.8) is 0 Å². The van der Waals surface area contributed by atoms with Crippen molar-refractivity contribution in [1.82, 2.24) is 0 Å². The molecular weight excluding hydrogens is 193 g/mol. The zero-order chi connectivity index (χ0) is 3.41. The molecule has 0 N–H and O–H groups in total. The number of carbonyl (C=O) groups excluding carboxylic acids is 1. The van der Waals surface area contributed by atoms with Crippen molar-refractivity contribution in [3.8, 4) is 0 Å². The minimum Gasteiger partial charge on any atom is -1.00 e.